The van der Waals surface area contributed by atoms with Crippen LogP contribution in [0.25, 0.3) is 0 Å². The van der Waals surface area contributed by atoms with Crippen LogP contribution in [0.5, 0.6) is 0 Å². The van der Waals surface area contributed by atoms with Crippen molar-refractivity contribution in [2.75, 3.05) is 7.11 Å². The van der Waals surface area contributed by atoms with Gasteiger partial charge in [0.25, 0.3) is 0 Å². The number of hydrogen-bond acceptors (Lipinski definition) is 4. The van der Waals surface area contributed by atoms with Crippen LogP contribution in [0, 0.1) is 16.7 Å². The van der Waals surface area contributed by atoms with Crippen LogP contribution >= 0.6 is 0 Å². The molecular weight excluding hydrogens is 168 g/mol. The van der Waals surface area contributed by atoms with E-state index in [1.54, 1.807) is 13.8 Å². The highest BCUT2D eigenvalue weighted by Crippen LogP contribution is 2.35. The Bertz CT molecular complexity index is 305. The molecule has 0 amide bonds. The van der Waals surface area contributed by atoms with E-state index in [1.807, 2.05) is 0 Å². The Morgan fingerprint density at radius 1 is 1.69 bits per heavy atom. The maximum absolute atomic E-state index is 11.3. The first-order valence-corrected chi connectivity index (χ1v) is 4.02. The van der Waals surface area contributed by atoms with Crippen molar-refractivity contribution < 1.29 is 9.53 Å². The summed E-state index contributed by atoms with van der Waals surface area (Å²) in [7, 11) is 1.32. The molecule has 0 saturated carbocycles. The Labute approximate surface area is 77.2 Å². The average Bonchev–Trinajstić information content (AvgIpc) is 2.44. The summed E-state index contributed by atoms with van der Waals surface area (Å²) in [5, 5.41) is 8.82. The first-order valence-electron chi connectivity index (χ1n) is 4.02. The van der Waals surface area contributed by atoms with Gasteiger partial charge in [0, 0.05) is 12.6 Å². The van der Waals surface area contributed by atoms with Crippen molar-refractivity contribution in [3.05, 3.63) is 0 Å². The summed E-state index contributed by atoms with van der Waals surface area (Å²) in [6.45, 7) is 3.43. The van der Waals surface area contributed by atoms with Crippen LogP contribution in [0.2, 0.25) is 0 Å². The van der Waals surface area contributed by atoms with Gasteiger partial charge in [-0.1, -0.05) is 0 Å². The van der Waals surface area contributed by atoms with Crippen LogP contribution in [0.1, 0.15) is 20.3 Å². The lowest BCUT2D eigenvalue weighted by atomic mass is 9.84. The van der Waals surface area contributed by atoms with Gasteiger partial charge >= 0.3 is 5.97 Å². The Morgan fingerprint density at radius 3 is 2.69 bits per heavy atom. The third-order valence-corrected chi connectivity index (χ3v) is 2.23. The SMILES string of the molecule is COC(=O)C1(C)CC(C)(C#N)C=N1. The highest BCUT2D eigenvalue weighted by molar-refractivity contribution is 5.87. The molecule has 0 aromatic carbocycles. The van der Waals surface area contributed by atoms with Gasteiger partial charge in [0.2, 0.25) is 0 Å². The molecule has 0 aromatic heterocycles. The van der Waals surface area contributed by atoms with Gasteiger partial charge in [-0.25, -0.2) is 4.79 Å². The molecule has 1 rings (SSSR count). The molecule has 0 N–H and O–H groups in total. The van der Waals surface area contributed by atoms with E-state index in [9.17, 15) is 4.79 Å². The predicted molar refractivity (Wildman–Crippen MR) is 47.3 cm³/mol. The lowest BCUT2D eigenvalue weighted by Gasteiger charge is -2.20. The minimum absolute atomic E-state index is 0.386. The van der Waals surface area contributed by atoms with Crippen molar-refractivity contribution in [3.8, 4) is 6.07 Å². The highest BCUT2D eigenvalue weighted by Gasteiger charge is 2.45. The van der Waals surface area contributed by atoms with Crippen LogP contribution in [-0.4, -0.2) is 24.8 Å². The quantitative estimate of drug-likeness (QED) is 0.564. The molecule has 1 aliphatic heterocycles. The van der Waals surface area contributed by atoms with Crippen LogP contribution in [0.4, 0.5) is 0 Å². The molecule has 0 saturated heterocycles. The van der Waals surface area contributed by atoms with E-state index in [0.717, 1.165) is 0 Å². The Kier molecular flexibility index (Phi) is 2.12. The molecular formula is C9H12N2O2. The smallest absolute Gasteiger partial charge is 0.333 e. The average molecular weight is 180 g/mol. The van der Waals surface area contributed by atoms with E-state index in [-0.39, 0.29) is 5.97 Å². The fraction of sp³-hybridized carbons (Fsp3) is 0.667. The molecule has 0 bridgehead atoms. The summed E-state index contributed by atoms with van der Waals surface area (Å²) in [6.07, 6.45) is 1.92. The number of ether oxygens (including phenoxy) is 1. The van der Waals surface area contributed by atoms with Gasteiger partial charge < -0.3 is 4.74 Å². The molecule has 0 fully saturated rings. The number of hydrogen-bond donors (Lipinski definition) is 0. The first-order chi connectivity index (χ1) is 5.96. The third-order valence-electron chi connectivity index (χ3n) is 2.23. The number of nitriles is 1. The molecule has 4 nitrogen and oxygen atoms in total. The maximum Gasteiger partial charge on any atom is 0.333 e. The second-order valence-corrected chi connectivity index (χ2v) is 3.73. The topological polar surface area (TPSA) is 62.5 Å². The second-order valence-electron chi connectivity index (χ2n) is 3.73. The van der Waals surface area contributed by atoms with Crippen molar-refractivity contribution >= 4 is 12.2 Å². The zero-order chi connectivity index (χ0) is 10.1. The fourth-order valence-corrected chi connectivity index (χ4v) is 1.50. The van der Waals surface area contributed by atoms with Crippen LogP contribution in [-0.2, 0) is 9.53 Å². The molecule has 1 heterocycles. The molecule has 0 aliphatic carbocycles. The number of esters is 1. The second kappa shape index (κ2) is 2.84. The van der Waals surface area contributed by atoms with Crippen molar-refractivity contribution in [2.24, 2.45) is 10.4 Å². The van der Waals surface area contributed by atoms with E-state index >= 15 is 0 Å². The van der Waals surface area contributed by atoms with Gasteiger partial charge in [-0.3, -0.25) is 4.99 Å². The van der Waals surface area contributed by atoms with E-state index in [1.165, 1.54) is 13.3 Å². The third kappa shape index (κ3) is 1.55. The zero-order valence-corrected chi connectivity index (χ0v) is 8.00. The molecule has 2 unspecified atom stereocenters. The minimum atomic E-state index is -0.876. The number of rotatable bonds is 1. The van der Waals surface area contributed by atoms with Crippen molar-refractivity contribution in [3.63, 3.8) is 0 Å². The molecule has 70 valence electrons. The summed E-state index contributed by atoms with van der Waals surface area (Å²) >= 11 is 0. The maximum atomic E-state index is 11.3. The summed E-state index contributed by atoms with van der Waals surface area (Å²) < 4.78 is 4.61. The van der Waals surface area contributed by atoms with Crippen molar-refractivity contribution in [1.82, 2.24) is 0 Å². The molecule has 0 spiro atoms. The lowest BCUT2D eigenvalue weighted by Crippen LogP contribution is -2.34. The van der Waals surface area contributed by atoms with Gasteiger partial charge in [0.05, 0.1) is 18.6 Å². The standard InChI is InChI=1S/C9H12N2O2/c1-8(5-10)4-9(2,11-6-8)7(12)13-3/h6H,4H2,1-3H3. The number of carbonyl (C=O) groups is 1. The Morgan fingerprint density at radius 2 is 2.31 bits per heavy atom. The fourth-order valence-electron chi connectivity index (χ4n) is 1.50. The van der Waals surface area contributed by atoms with Crippen LogP contribution in [0.3, 0.4) is 0 Å². The number of carbonyl (C=O) groups excluding carboxylic acids is 1. The largest absolute Gasteiger partial charge is 0.467 e. The van der Waals surface area contributed by atoms with Gasteiger partial charge in [0.1, 0.15) is 0 Å². The molecule has 1 aliphatic rings. The number of nitrogens with zero attached hydrogens (tertiary/aromatic N) is 2. The lowest BCUT2D eigenvalue weighted by molar-refractivity contribution is -0.146. The van der Waals surface area contributed by atoms with Crippen molar-refractivity contribution in [1.29, 1.82) is 5.26 Å². The first kappa shape index (κ1) is 9.72. The predicted octanol–water partition coefficient (Wildman–Crippen LogP) is 0.922. The van der Waals surface area contributed by atoms with Gasteiger partial charge in [-0.15, -0.1) is 0 Å². The summed E-state index contributed by atoms with van der Waals surface area (Å²) in [6, 6.07) is 2.12. The zero-order valence-electron chi connectivity index (χ0n) is 8.00. The number of methoxy groups -OCH3 is 1. The van der Waals surface area contributed by atoms with E-state index in [2.05, 4.69) is 15.8 Å². The molecule has 0 aromatic rings. The summed E-state index contributed by atoms with van der Waals surface area (Å²) in [5.74, 6) is -0.386. The molecule has 13 heavy (non-hydrogen) atoms. The van der Waals surface area contributed by atoms with Crippen LogP contribution in [0.15, 0.2) is 4.99 Å². The van der Waals surface area contributed by atoms with E-state index in [4.69, 9.17) is 5.26 Å². The normalized spacial score (nSPS) is 37.1. The Hall–Kier alpha value is -1.37. The summed E-state index contributed by atoms with van der Waals surface area (Å²) in [4.78, 5) is 15.3. The van der Waals surface area contributed by atoms with Gasteiger partial charge in [-0.05, 0) is 13.8 Å². The van der Waals surface area contributed by atoms with E-state index < -0.39 is 11.0 Å². The molecule has 4 heteroatoms. The van der Waals surface area contributed by atoms with Crippen LogP contribution < -0.4 is 0 Å². The van der Waals surface area contributed by atoms with E-state index in [0.29, 0.717) is 6.42 Å². The highest BCUT2D eigenvalue weighted by atomic mass is 16.5. The summed E-state index contributed by atoms with van der Waals surface area (Å²) in [5.41, 5.74) is -1.51. The molecule has 2 atom stereocenters. The minimum Gasteiger partial charge on any atom is -0.467 e. The monoisotopic (exact) mass is 180 g/mol. The van der Waals surface area contributed by atoms with Gasteiger partial charge in [0.15, 0.2) is 5.54 Å². The van der Waals surface area contributed by atoms with Crippen molar-refractivity contribution in [2.45, 2.75) is 25.8 Å². The Balaban J connectivity index is 2.87. The molecule has 0 radical (unpaired) electrons. The number of aliphatic imine (C=N–C) groups is 1. The van der Waals surface area contributed by atoms with Gasteiger partial charge in [-0.2, -0.15) is 5.26 Å².